The maximum absolute atomic E-state index is 10.6. The van der Waals surface area contributed by atoms with E-state index in [1.807, 2.05) is 13.0 Å². The van der Waals surface area contributed by atoms with Crippen LogP contribution >= 0.6 is 0 Å². The smallest absolute Gasteiger partial charge is 0.144 e. The fraction of sp³-hybridized carbons (Fsp3) is 0.600. The minimum absolute atomic E-state index is 0.461. The molecular weight excluding hydrogens is 238 g/mol. The van der Waals surface area contributed by atoms with Crippen molar-refractivity contribution in [2.45, 2.75) is 45.1 Å². The molecule has 19 heavy (non-hydrogen) atoms. The largest absolute Gasteiger partial charge is 0.388 e. The first kappa shape index (κ1) is 13.8. The van der Waals surface area contributed by atoms with Crippen molar-refractivity contribution in [3.8, 4) is 6.07 Å². The highest BCUT2D eigenvalue weighted by atomic mass is 16.3. The van der Waals surface area contributed by atoms with Gasteiger partial charge in [0, 0.05) is 12.2 Å². The molecule has 0 aromatic carbocycles. The third kappa shape index (κ3) is 3.45. The van der Waals surface area contributed by atoms with Crippen LogP contribution in [0.25, 0.3) is 0 Å². The second kappa shape index (κ2) is 5.58. The standard InChI is InChI=1S/C15H21N3O/c1-11-4-3-7-15(19,8-11)10-17-14-13(9-16)6-5-12(2)18-14/h5-6,11,19H,3-4,7-8,10H2,1-2H3,(H,17,18). The molecule has 4 nitrogen and oxygen atoms in total. The number of nitriles is 1. The maximum Gasteiger partial charge on any atom is 0.144 e. The van der Waals surface area contributed by atoms with Crippen LogP contribution in [0.15, 0.2) is 12.1 Å². The molecule has 0 aliphatic heterocycles. The molecule has 1 aliphatic carbocycles. The molecule has 2 rings (SSSR count). The van der Waals surface area contributed by atoms with Gasteiger partial charge in [-0.2, -0.15) is 5.26 Å². The number of nitrogens with zero attached hydrogens (tertiary/aromatic N) is 2. The van der Waals surface area contributed by atoms with Crippen molar-refractivity contribution in [1.29, 1.82) is 5.26 Å². The van der Waals surface area contributed by atoms with E-state index in [2.05, 4.69) is 23.3 Å². The molecule has 1 aliphatic rings. The predicted molar refractivity (Wildman–Crippen MR) is 74.8 cm³/mol. The van der Waals surface area contributed by atoms with E-state index in [0.29, 0.717) is 23.8 Å². The Balaban J connectivity index is 2.06. The molecule has 102 valence electrons. The van der Waals surface area contributed by atoms with Gasteiger partial charge in [-0.25, -0.2) is 4.98 Å². The number of nitrogens with one attached hydrogen (secondary N) is 1. The average molecular weight is 259 g/mol. The lowest BCUT2D eigenvalue weighted by molar-refractivity contribution is -0.000831. The number of hydrogen-bond acceptors (Lipinski definition) is 4. The van der Waals surface area contributed by atoms with E-state index in [0.717, 1.165) is 25.0 Å². The highest BCUT2D eigenvalue weighted by molar-refractivity contribution is 5.52. The molecule has 1 saturated carbocycles. The number of aromatic nitrogens is 1. The first-order valence-corrected chi connectivity index (χ1v) is 6.86. The SMILES string of the molecule is Cc1ccc(C#N)c(NCC2(O)CCCC(C)C2)n1. The number of pyridine rings is 1. The van der Waals surface area contributed by atoms with Crippen LogP contribution < -0.4 is 5.32 Å². The van der Waals surface area contributed by atoms with E-state index in [1.54, 1.807) is 6.07 Å². The molecule has 2 unspecified atom stereocenters. The Morgan fingerprint density at radius 1 is 1.58 bits per heavy atom. The first-order valence-electron chi connectivity index (χ1n) is 6.86. The normalized spacial score (nSPS) is 26.7. The molecule has 2 N–H and O–H groups in total. The van der Waals surface area contributed by atoms with Crippen LogP contribution in [-0.4, -0.2) is 22.2 Å². The van der Waals surface area contributed by atoms with E-state index in [1.165, 1.54) is 6.42 Å². The van der Waals surface area contributed by atoms with Crippen LogP contribution in [-0.2, 0) is 0 Å². The van der Waals surface area contributed by atoms with E-state index < -0.39 is 5.60 Å². The zero-order valence-corrected chi connectivity index (χ0v) is 11.6. The van der Waals surface area contributed by atoms with Crippen LogP contribution in [0.4, 0.5) is 5.82 Å². The highest BCUT2D eigenvalue weighted by Crippen LogP contribution is 2.32. The summed E-state index contributed by atoms with van der Waals surface area (Å²) in [4.78, 5) is 4.33. The van der Waals surface area contributed by atoms with Gasteiger partial charge in [0.05, 0.1) is 11.2 Å². The van der Waals surface area contributed by atoms with Gasteiger partial charge in [-0.1, -0.05) is 19.8 Å². The van der Waals surface area contributed by atoms with Gasteiger partial charge in [0.25, 0.3) is 0 Å². The maximum atomic E-state index is 10.6. The Morgan fingerprint density at radius 3 is 3.05 bits per heavy atom. The van der Waals surface area contributed by atoms with Crippen molar-refractivity contribution in [3.63, 3.8) is 0 Å². The number of rotatable bonds is 3. The average Bonchev–Trinajstić information content (AvgIpc) is 2.36. The zero-order valence-electron chi connectivity index (χ0n) is 11.6. The fourth-order valence-electron chi connectivity index (χ4n) is 2.82. The van der Waals surface area contributed by atoms with Crippen molar-refractivity contribution in [2.75, 3.05) is 11.9 Å². The quantitative estimate of drug-likeness (QED) is 0.875. The van der Waals surface area contributed by atoms with E-state index >= 15 is 0 Å². The Bertz CT molecular complexity index is 495. The predicted octanol–water partition coefficient (Wildman–Crippen LogP) is 2.61. The van der Waals surface area contributed by atoms with Gasteiger partial charge >= 0.3 is 0 Å². The van der Waals surface area contributed by atoms with Crippen LogP contribution in [0, 0.1) is 24.2 Å². The summed E-state index contributed by atoms with van der Waals surface area (Å²) in [7, 11) is 0. The molecule has 0 bridgehead atoms. The molecule has 0 saturated heterocycles. The third-order valence-corrected chi connectivity index (χ3v) is 3.81. The van der Waals surface area contributed by atoms with Gasteiger partial charge in [0.1, 0.15) is 11.9 Å². The summed E-state index contributed by atoms with van der Waals surface area (Å²) in [6, 6.07) is 5.71. The molecule has 1 aromatic heterocycles. The number of hydrogen-bond donors (Lipinski definition) is 2. The monoisotopic (exact) mass is 259 g/mol. The summed E-state index contributed by atoms with van der Waals surface area (Å²) < 4.78 is 0. The molecule has 0 amide bonds. The Morgan fingerprint density at radius 2 is 2.37 bits per heavy atom. The number of anilines is 1. The summed E-state index contributed by atoms with van der Waals surface area (Å²) in [5.74, 6) is 1.13. The van der Waals surface area contributed by atoms with Crippen molar-refractivity contribution in [2.24, 2.45) is 5.92 Å². The summed E-state index contributed by atoms with van der Waals surface area (Å²) in [6.07, 6.45) is 3.88. The van der Waals surface area contributed by atoms with Gasteiger partial charge in [-0.15, -0.1) is 0 Å². The second-order valence-corrected chi connectivity index (χ2v) is 5.74. The topological polar surface area (TPSA) is 68.9 Å². The Labute approximate surface area is 114 Å². The first-order chi connectivity index (χ1) is 9.02. The van der Waals surface area contributed by atoms with Crippen molar-refractivity contribution >= 4 is 5.82 Å². The summed E-state index contributed by atoms with van der Waals surface area (Å²) in [5, 5.41) is 22.8. The minimum Gasteiger partial charge on any atom is -0.388 e. The lowest BCUT2D eigenvalue weighted by Gasteiger charge is -2.35. The van der Waals surface area contributed by atoms with Gasteiger partial charge in [0.15, 0.2) is 0 Å². The molecule has 0 spiro atoms. The summed E-state index contributed by atoms with van der Waals surface area (Å²) >= 11 is 0. The number of aliphatic hydroxyl groups is 1. The van der Waals surface area contributed by atoms with E-state index in [4.69, 9.17) is 5.26 Å². The van der Waals surface area contributed by atoms with Crippen molar-refractivity contribution in [3.05, 3.63) is 23.4 Å². The molecule has 2 atom stereocenters. The molecule has 1 aromatic rings. The van der Waals surface area contributed by atoms with Crippen LogP contribution in [0.1, 0.15) is 43.9 Å². The minimum atomic E-state index is -0.671. The summed E-state index contributed by atoms with van der Waals surface area (Å²) in [6.45, 7) is 4.53. The Hall–Kier alpha value is -1.60. The number of aryl methyl sites for hydroxylation is 1. The molecule has 0 radical (unpaired) electrons. The van der Waals surface area contributed by atoms with Crippen LogP contribution in [0.2, 0.25) is 0 Å². The van der Waals surface area contributed by atoms with E-state index in [-0.39, 0.29) is 0 Å². The molecule has 1 fully saturated rings. The fourth-order valence-corrected chi connectivity index (χ4v) is 2.82. The molecule has 4 heteroatoms. The Kier molecular flexibility index (Phi) is 4.06. The van der Waals surface area contributed by atoms with Gasteiger partial charge in [-0.05, 0) is 37.8 Å². The third-order valence-electron chi connectivity index (χ3n) is 3.81. The van der Waals surface area contributed by atoms with Gasteiger partial charge in [0.2, 0.25) is 0 Å². The summed E-state index contributed by atoms with van der Waals surface area (Å²) in [5.41, 5.74) is 0.721. The second-order valence-electron chi connectivity index (χ2n) is 5.74. The van der Waals surface area contributed by atoms with Gasteiger partial charge in [-0.3, -0.25) is 0 Å². The lowest BCUT2D eigenvalue weighted by atomic mass is 9.79. The van der Waals surface area contributed by atoms with E-state index in [9.17, 15) is 5.11 Å². The van der Waals surface area contributed by atoms with Crippen molar-refractivity contribution < 1.29 is 5.11 Å². The van der Waals surface area contributed by atoms with Gasteiger partial charge < -0.3 is 10.4 Å². The van der Waals surface area contributed by atoms with Crippen molar-refractivity contribution in [1.82, 2.24) is 4.98 Å². The zero-order chi connectivity index (χ0) is 13.9. The lowest BCUT2D eigenvalue weighted by Crippen LogP contribution is -2.41. The molecular formula is C15H21N3O. The highest BCUT2D eigenvalue weighted by Gasteiger charge is 2.32. The van der Waals surface area contributed by atoms with Crippen LogP contribution in [0.3, 0.4) is 0 Å². The molecule has 1 heterocycles. The van der Waals surface area contributed by atoms with Crippen LogP contribution in [0.5, 0.6) is 0 Å².